The molecule has 1 N–H and O–H groups in total. The van der Waals surface area contributed by atoms with Crippen molar-refractivity contribution < 1.29 is 4.79 Å². The normalized spacial score (nSPS) is 14.5. The monoisotopic (exact) mass is 224 g/mol. The number of nitrogens with one attached hydrogen (secondary N) is 1. The Kier molecular flexibility index (Phi) is 2.93. The number of halogens is 1. The number of carbonyl (C=O) groups is 1. The largest absolute Gasteiger partial charge is 0.318 e. The second kappa shape index (κ2) is 4.21. The van der Waals surface area contributed by atoms with Gasteiger partial charge in [-0.2, -0.15) is 0 Å². The van der Waals surface area contributed by atoms with Crippen LogP contribution in [-0.2, 0) is 11.2 Å². The summed E-state index contributed by atoms with van der Waals surface area (Å²) in [5, 5.41) is 3.73. The lowest BCUT2D eigenvalue weighted by atomic mass is 10.2. The van der Waals surface area contributed by atoms with Crippen molar-refractivity contribution in [2.24, 2.45) is 0 Å². The van der Waals surface area contributed by atoms with Gasteiger partial charge in [-0.25, -0.2) is 0 Å². The Labute approximate surface area is 94.0 Å². The maximum Gasteiger partial charge on any atom is 0.231 e. The summed E-state index contributed by atoms with van der Waals surface area (Å²) in [5.74, 6) is 0.155. The Balaban J connectivity index is 2.25. The number of nitrogens with zero attached hydrogens (tertiary/aromatic N) is 1. The second-order valence-corrected chi connectivity index (χ2v) is 4.04. The molecule has 1 heterocycles. The molecule has 1 amide bonds. The van der Waals surface area contributed by atoms with E-state index in [4.69, 9.17) is 11.6 Å². The summed E-state index contributed by atoms with van der Waals surface area (Å²) in [6, 6.07) is 5.61. The Morgan fingerprint density at radius 1 is 1.53 bits per heavy atom. The molecule has 4 heteroatoms. The third kappa shape index (κ3) is 1.98. The summed E-state index contributed by atoms with van der Waals surface area (Å²) in [4.78, 5) is 13.5. The van der Waals surface area contributed by atoms with E-state index in [1.54, 1.807) is 0 Å². The Bertz CT molecular complexity index is 392. The minimum atomic E-state index is 0.155. The lowest BCUT2D eigenvalue weighted by Crippen LogP contribution is -2.33. The topological polar surface area (TPSA) is 32.3 Å². The SMILES string of the molecule is CNCCN1C(=O)Cc2cc(Cl)ccc21. The van der Waals surface area contributed by atoms with Crippen molar-refractivity contribution in [3.05, 3.63) is 28.8 Å². The van der Waals surface area contributed by atoms with E-state index in [0.717, 1.165) is 17.8 Å². The molecule has 0 bridgehead atoms. The van der Waals surface area contributed by atoms with Gasteiger partial charge in [0.15, 0.2) is 0 Å². The van der Waals surface area contributed by atoms with Gasteiger partial charge in [0.2, 0.25) is 5.91 Å². The smallest absolute Gasteiger partial charge is 0.231 e. The molecule has 3 nitrogen and oxygen atoms in total. The number of likely N-dealkylation sites (N-methyl/N-ethyl adjacent to an activating group) is 1. The molecule has 1 aromatic carbocycles. The molecule has 15 heavy (non-hydrogen) atoms. The first-order valence-corrected chi connectivity index (χ1v) is 5.33. The second-order valence-electron chi connectivity index (χ2n) is 3.60. The summed E-state index contributed by atoms with van der Waals surface area (Å²) in [5.41, 5.74) is 2.03. The molecule has 0 radical (unpaired) electrons. The Morgan fingerprint density at radius 3 is 3.07 bits per heavy atom. The molecular weight excluding hydrogens is 212 g/mol. The number of amides is 1. The van der Waals surface area contributed by atoms with E-state index >= 15 is 0 Å². The minimum Gasteiger partial charge on any atom is -0.318 e. The van der Waals surface area contributed by atoms with E-state index < -0.39 is 0 Å². The highest BCUT2D eigenvalue weighted by Gasteiger charge is 2.26. The Hall–Kier alpha value is -1.06. The zero-order valence-corrected chi connectivity index (χ0v) is 9.34. The number of benzene rings is 1. The predicted octanol–water partition coefficient (Wildman–Crippen LogP) is 1.45. The average Bonchev–Trinajstić information content (AvgIpc) is 2.50. The number of anilines is 1. The van der Waals surface area contributed by atoms with Crippen LogP contribution in [0.4, 0.5) is 5.69 Å². The van der Waals surface area contributed by atoms with Crippen LogP contribution in [0, 0.1) is 0 Å². The van der Waals surface area contributed by atoms with Crippen LogP contribution in [0.25, 0.3) is 0 Å². The van der Waals surface area contributed by atoms with Crippen LogP contribution in [0.5, 0.6) is 0 Å². The van der Waals surface area contributed by atoms with Crippen LogP contribution in [0.2, 0.25) is 5.02 Å². The fourth-order valence-electron chi connectivity index (χ4n) is 1.82. The van der Waals surface area contributed by atoms with Gasteiger partial charge in [-0.15, -0.1) is 0 Å². The molecule has 1 aliphatic rings. The van der Waals surface area contributed by atoms with Crippen LogP contribution in [0.3, 0.4) is 0 Å². The van der Waals surface area contributed by atoms with Crippen LogP contribution in [-0.4, -0.2) is 26.0 Å². The van der Waals surface area contributed by atoms with Crippen molar-refractivity contribution in [1.29, 1.82) is 0 Å². The standard InChI is InChI=1S/C11H13ClN2O/c1-13-4-5-14-10-3-2-9(12)6-8(10)7-11(14)15/h2-3,6,13H,4-5,7H2,1H3. The van der Waals surface area contributed by atoms with Gasteiger partial charge in [-0.1, -0.05) is 11.6 Å². The van der Waals surface area contributed by atoms with Crippen LogP contribution in [0.15, 0.2) is 18.2 Å². The predicted molar refractivity (Wildman–Crippen MR) is 61.4 cm³/mol. The third-order valence-corrected chi connectivity index (χ3v) is 2.80. The minimum absolute atomic E-state index is 0.155. The number of carbonyl (C=O) groups excluding carboxylic acids is 1. The molecule has 0 fully saturated rings. The summed E-state index contributed by atoms with van der Waals surface area (Å²) >= 11 is 5.88. The van der Waals surface area contributed by atoms with Crippen molar-refractivity contribution in [1.82, 2.24) is 5.32 Å². The lowest BCUT2D eigenvalue weighted by Gasteiger charge is -2.16. The molecule has 0 aromatic heterocycles. The number of fused-ring (bicyclic) bond motifs is 1. The van der Waals surface area contributed by atoms with E-state index in [-0.39, 0.29) is 5.91 Å². The van der Waals surface area contributed by atoms with Gasteiger partial charge in [0.25, 0.3) is 0 Å². The summed E-state index contributed by atoms with van der Waals surface area (Å²) in [6.45, 7) is 1.51. The quantitative estimate of drug-likeness (QED) is 0.843. The zero-order valence-electron chi connectivity index (χ0n) is 8.59. The molecule has 1 aromatic rings. The average molecular weight is 225 g/mol. The highest BCUT2D eigenvalue weighted by molar-refractivity contribution is 6.30. The molecule has 80 valence electrons. The van der Waals surface area contributed by atoms with Gasteiger partial charge in [0, 0.05) is 23.8 Å². The molecule has 0 spiro atoms. The van der Waals surface area contributed by atoms with Crippen LogP contribution >= 0.6 is 11.6 Å². The van der Waals surface area contributed by atoms with Crippen LogP contribution in [0.1, 0.15) is 5.56 Å². The van der Waals surface area contributed by atoms with Crippen molar-refractivity contribution in [2.75, 3.05) is 25.0 Å². The first kappa shape index (κ1) is 10.5. The van der Waals surface area contributed by atoms with E-state index in [2.05, 4.69) is 5.32 Å². The molecule has 0 atom stereocenters. The van der Waals surface area contributed by atoms with Gasteiger partial charge in [0.1, 0.15) is 0 Å². The van der Waals surface area contributed by atoms with Gasteiger partial charge in [-0.3, -0.25) is 4.79 Å². The molecule has 0 saturated carbocycles. The number of rotatable bonds is 3. The lowest BCUT2D eigenvalue weighted by molar-refractivity contribution is -0.117. The fourth-order valence-corrected chi connectivity index (χ4v) is 2.02. The first-order chi connectivity index (χ1) is 7.22. The molecule has 0 unspecified atom stereocenters. The first-order valence-electron chi connectivity index (χ1n) is 4.96. The Morgan fingerprint density at radius 2 is 2.33 bits per heavy atom. The van der Waals surface area contributed by atoms with E-state index in [1.807, 2.05) is 30.1 Å². The van der Waals surface area contributed by atoms with E-state index in [0.29, 0.717) is 18.0 Å². The van der Waals surface area contributed by atoms with Gasteiger partial charge >= 0.3 is 0 Å². The molecule has 2 rings (SSSR count). The highest BCUT2D eigenvalue weighted by Crippen LogP contribution is 2.30. The third-order valence-electron chi connectivity index (χ3n) is 2.56. The van der Waals surface area contributed by atoms with E-state index in [1.165, 1.54) is 0 Å². The number of hydrogen-bond acceptors (Lipinski definition) is 2. The zero-order chi connectivity index (χ0) is 10.8. The molecule has 0 saturated heterocycles. The molecular formula is C11H13ClN2O. The maximum absolute atomic E-state index is 11.7. The summed E-state index contributed by atoms with van der Waals surface area (Å²) in [7, 11) is 1.88. The summed E-state index contributed by atoms with van der Waals surface area (Å²) in [6.07, 6.45) is 0.472. The fraction of sp³-hybridized carbons (Fsp3) is 0.364. The van der Waals surface area contributed by atoms with E-state index in [9.17, 15) is 4.79 Å². The van der Waals surface area contributed by atoms with Crippen molar-refractivity contribution in [2.45, 2.75) is 6.42 Å². The van der Waals surface area contributed by atoms with Gasteiger partial charge in [-0.05, 0) is 30.8 Å². The van der Waals surface area contributed by atoms with Gasteiger partial charge in [0.05, 0.1) is 6.42 Å². The van der Waals surface area contributed by atoms with Crippen molar-refractivity contribution in [3.8, 4) is 0 Å². The van der Waals surface area contributed by atoms with Crippen molar-refractivity contribution in [3.63, 3.8) is 0 Å². The van der Waals surface area contributed by atoms with Gasteiger partial charge < -0.3 is 10.2 Å². The maximum atomic E-state index is 11.7. The molecule has 0 aliphatic carbocycles. The summed E-state index contributed by atoms with van der Waals surface area (Å²) < 4.78 is 0. The number of hydrogen-bond donors (Lipinski definition) is 1. The molecule has 1 aliphatic heterocycles. The van der Waals surface area contributed by atoms with Crippen LogP contribution < -0.4 is 10.2 Å². The highest BCUT2D eigenvalue weighted by atomic mass is 35.5. The van der Waals surface area contributed by atoms with Crippen molar-refractivity contribution >= 4 is 23.2 Å².